The fraction of sp³-hybridized carbons (Fsp3) is 0.462. The molecule has 4 N–H and O–H groups in total. The summed E-state index contributed by atoms with van der Waals surface area (Å²) in [6.45, 7) is 2.55. The lowest BCUT2D eigenvalue weighted by atomic mass is 10.2. The van der Waals surface area contributed by atoms with E-state index in [-0.39, 0.29) is 11.6 Å². The zero-order chi connectivity index (χ0) is 14.5. The standard InChI is InChI=1S/C13H20N6O/c1-3-4-9-11(14)12(18-17-9)13(20)16-6-5-10-15-7-8-19(10)2/h7-8H,3-6,14H2,1-2H3,(H,16,20)(H,17,18). The fourth-order valence-corrected chi connectivity index (χ4v) is 2.01. The Morgan fingerprint density at radius 1 is 1.50 bits per heavy atom. The van der Waals surface area contributed by atoms with Gasteiger partial charge in [-0.05, 0) is 6.42 Å². The third kappa shape index (κ3) is 2.98. The van der Waals surface area contributed by atoms with Crippen molar-refractivity contribution in [1.82, 2.24) is 25.1 Å². The first-order valence-corrected chi connectivity index (χ1v) is 6.70. The minimum atomic E-state index is -0.254. The van der Waals surface area contributed by atoms with Crippen LogP contribution in [-0.2, 0) is 19.9 Å². The van der Waals surface area contributed by atoms with Crippen LogP contribution in [0.3, 0.4) is 0 Å². The second-order valence-corrected chi connectivity index (χ2v) is 4.67. The number of aromatic amines is 1. The van der Waals surface area contributed by atoms with E-state index in [2.05, 4.69) is 20.5 Å². The smallest absolute Gasteiger partial charge is 0.273 e. The predicted molar refractivity (Wildman–Crippen MR) is 76.2 cm³/mol. The average Bonchev–Trinajstić information content (AvgIpc) is 2.98. The van der Waals surface area contributed by atoms with Gasteiger partial charge in [0.05, 0.1) is 11.4 Å². The molecule has 0 aliphatic rings. The van der Waals surface area contributed by atoms with E-state index >= 15 is 0 Å². The molecule has 2 rings (SSSR count). The molecule has 2 aromatic rings. The van der Waals surface area contributed by atoms with Crippen molar-refractivity contribution in [2.24, 2.45) is 7.05 Å². The topological polar surface area (TPSA) is 102 Å². The van der Waals surface area contributed by atoms with Crippen LogP contribution in [0, 0.1) is 0 Å². The molecular weight excluding hydrogens is 256 g/mol. The molecule has 0 aliphatic carbocycles. The van der Waals surface area contributed by atoms with Gasteiger partial charge in [-0.2, -0.15) is 5.10 Å². The van der Waals surface area contributed by atoms with E-state index in [0.29, 0.717) is 18.7 Å². The van der Waals surface area contributed by atoms with Crippen molar-refractivity contribution in [2.45, 2.75) is 26.2 Å². The van der Waals surface area contributed by atoms with Crippen molar-refractivity contribution in [3.8, 4) is 0 Å². The number of hydrogen-bond donors (Lipinski definition) is 3. The number of H-pyrrole nitrogens is 1. The second kappa shape index (κ2) is 6.23. The molecule has 0 atom stereocenters. The summed E-state index contributed by atoms with van der Waals surface area (Å²) in [5.74, 6) is 0.669. The minimum Gasteiger partial charge on any atom is -0.395 e. The molecule has 2 heterocycles. The SMILES string of the molecule is CCCc1[nH]nc(C(=O)NCCc2nccn2C)c1N. The van der Waals surface area contributed by atoms with E-state index in [1.54, 1.807) is 6.20 Å². The van der Waals surface area contributed by atoms with Crippen molar-refractivity contribution in [1.29, 1.82) is 0 Å². The van der Waals surface area contributed by atoms with Crippen molar-refractivity contribution >= 4 is 11.6 Å². The van der Waals surface area contributed by atoms with Gasteiger partial charge in [0.25, 0.3) is 5.91 Å². The molecule has 0 aliphatic heterocycles. The number of imidazole rings is 1. The maximum Gasteiger partial charge on any atom is 0.273 e. The Labute approximate surface area is 117 Å². The third-order valence-corrected chi connectivity index (χ3v) is 3.15. The van der Waals surface area contributed by atoms with E-state index in [1.165, 1.54) is 0 Å². The first kappa shape index (κ1) is 14.1. The van der Waals surface area contributed by atoms with Gasteiger partial charge in [0.1, 0.15) is 5.82 Å². The highest BCUT2D eigenvalue weighted by atomic mass is 16.1. The fourth-order valence-electron chi connectivity index (χ4n) is 2.01. The lowest BCUT2D eigenvalue weighted by molar-refractivity contribution is 0.0950. The molecule has 0 radical (unpaired) electrons. The highest BCUT2D eigenvalue weighted by Crippen LogP contribution is 2.15. The normalized spacial score (nSPS) is 10.7. The molecular formula is C13H20N6O. The zero-order valence-electron chi connectivity index (χ0n) is 11.8. The number of carbonyl (C=O) groups excluding carboxylic acids is 1. The predicted octanol–water partition coefficient (Wildman–Crippen LogP) is 0.650. The lowest BCUT2D eigenvalue weighted by Crippen LogP contribution is -2.27. The van der Waals surface area contributed by atoms with Gasteiger partial charge in [-0.3, -0.25) is 9.89 Å². The van der Waals surface area contributed by atoms with Gasteiger partial charge in [0.2, 0.25) is 0 Å². The van der Waals surface area contributed by atoms with Gasteiger partial charge < -0.3 is 15.6 Å². The quantitative estimate of drug-likeness (QED) is 0.721. The first-order chi connectivity index (χ1) is 9.63. The number of amides is 1. The number of nitrogens with zero attached hydrogens (tertiary/aromatic N) is 3. The van der Waals surface area contributed by atoms with E-state index in [9.17, 15) is 4.79 Å². The van der Waals surface area contributed by atoms with E-state index in [1.807, 2.05) is 24.7 Å². The van der Waals surface area contributed by atoms with E-state index in [0.717, 1.165) is 24.4 Å². The molecule has 1 amide bonds. The number of hydrogen-bond acceptors (Lipinski definition) is 4. The average molecular weight is 276 g/mol. The van der Waals surface area contributed by atoms with Crippen LogP contribution in [0.4, 0.5) is 5.69 Å². The van der Waals surface area contributed by atoms with Crippen molar-refractivity contribution in [3.05, 3.63) is 29.6 Å². The Hall–Kier alpha value is -2.31. The van der Waals surface area contributed by atoms with Crippen LogP contribution >= 0.6 is 0 Å². The van der Waals surface area contributed by atoms with Crippen LogP contribution in [0.15, 0.2) is 12.4 Å². The van der Waals surface area contributed by atoms with E-state index in [4.69, 9.17) is 5.73 Å². The highest BCUT2D eigenvalue weighted by Gasteiger charge is 2.16. The number of aryl methyl sites for hydroxylation is 2. The largest absolute Gasteiger partial charge is 0.395 e. The number of rotatable bonds is 6. The Morgan fingerprint density at radius 3 is 2.95 bits per heavy atom. The van der Waals surface area contributed by atoms with Crippen LogP contribution in [0.2, 0.25) is 0 Å². The van der Waals surface area contributed by atoms with Gasteiger partial charge in [0.15, 0.2) is 5.69 Å². The summed E-state index contributed by atoms with van der Waals surface area (Å²) in [5.41, 5.74) is 7.45. The molecule has 0 saturated carbocycles. The summed E-state index contributed by atoms with van der Waals surface area (Å²) in [4.78, 5) is 16.2. The van der Waals surface area contributed by atoms with E-state index < -0.39 is 0 Å². The highest BCUT2D eigenvalue weighted by molar-refractivity contribution is 5.97. The summed E-state index contributed by atoms with van der Waals surface area (Å²) in [6, 6.07) is 0. The molecule has 7 heteroatoms. The third-order valence-electron chi connectivity index (χ3n) is 3.15. The van der Waals surface area contributed by atoms with Gasteiger partial charge in [-0.25, -0.2) is 4.98 Å². The molecule has 7 nitrogen and oxygen atoms in total. The summed E-state index contributed by atoms with van der Waals surface area (Å²) in [7, 11) is 1.92. The second-order valence-electron chi connectivity index (χ2n) is 4.67. The number of anilines is 1. The Kier molecular flexibility index (Phi) is 4.39. The van der Waals surface area contributed by atoms with Gasteiger partial charge >= 0.3 is 0 Å². The molecule has 0 bridgehead atoms. The van der Waals surface area contributed by atoms with Crippen LogP contribution < -0.4 is 11.1 Å². The summed E-state index contributed by atoms with van der Waals surface area (Å²) >= 11 is 0. The molecule has 0 spiro atoms. The summed E-state index contributed by atoms with van der Waals surface area (Å²) in [5, 5.41) is 9.61. The van der Waals surface area contributed by atoms with Crippen LogP contribution in [0.25, 0.3) is 0 Å². The van der Waals surface area contributed by atoms with Crippen LogP contribution in [0.5, 0.6) is 0 Å². The molecule has 2 aromatic heterocycles. The van der Waals surface area contributed by atoms with Crippen LogP contribution in [-0.4, -0.2) is 32.2 Å². The number of aromatic nitrogens is 4. The zero-order valence-corrected chi connectivity index (χ0v) is 11.8. The van der Waals surface area contributed by atoms with Crippen molar-refractivity contribution < 1.29 is 4.79 Å². The summed E-state index contributed by atoms with van der Waals surface area (Å²) < 4.78 is 1.93. The number of nitrogens with one attached hydrogen (secondary N) is 2. The Balaban J connectivity index is 1.90. The maximum absolute atomic E-state index is 12.0. The number of nitrogens with two attached hydrogens (primary N) is 1. The van der Waals surface area contributed by atoms with Crippen molar-refractivity contribution in [3.63, 3.8) is 0 Å². The molecule has 0 aromatic carbocycles. The number of carbonyl (C=O) groups is 1. The Morgan fingerprint density at radius 2 is 2.30 bits per heavy atom. The van der Waals surface area contributed by atoms with Gasteiger partial charge in [-0.15, -0.1) is 0 Å². The van der Waals surface area contributed by atoms with Crippen molar-refractivity contribution in [2.75, 3.05) is 12.3 Å². The lowest BCUT2D eigenvalue weighted by Gasteiger charge is -2.04. The number of nitrogen functional groups attached to an aromatic ring is 1. The molecule has 108 valence electrons. The molecule has 0 unspecified atom stereocenters. The summed E-state index contributed by atoms with van der Waals surface area (Å²) in [6.07, 6.45) is 6.02. The molecule has 20 heavy (non-hydrogen) atoms. The molecule has 0 saturated heterocycles. The first-order valence-electron chi connectivity index (χ1n) is 6.70. The van der Waals surface area contributed by atoms with Crippen LogP contribution in [0.1, 0.15) is 35.4 Å². The monoisotopic (exact) mass is 276 g/mol. The maximum atomic E-state index is 12.0. The Bertz CT molecular complexity index is 585. The molecule has 0 fully saturated rings. The van der Waals surface area contributed by atoms with Gasteiger partial charge in [-0.1, -0.05) is 13.3 Å². The minimum absolute atomic E-state index is 0.254. The van der Waals surface area contributed by atoms with Gasteiger partial charge in [0, 0.05) is 32.4 Å².